The Balaban J connectivity index is 1.53. The Morgan fingerprint density at radius 1 is 1.09 bits per heavy atom. The SMILES string of the molecule is Cc1nc(-c2nc(-c3ccc(OC(C)(F)F)cc3)no2)nn1Cc1cccc(S(C)(=O)=O)c1. The fourth-order valence-electron chi connectivity index (χ4n) is 3.02. The molecule has 172 valence electrons. The molecular weight excluding hydrogens is 456 g/mol. The normalized spacial score (nSPS) is 12.2. The van der Waals surface area contributed by atoms with Crippen LogP contribution in [0.3, 0.4) is 0 Å². The molecule has 12 heteroatoms. The lowest BCUT2D eigenvalue weighted by atomic mass is 10.2. The van der Waals surface area contributed by atoms with E-state index in [9.17, 15) is 17.2 Å². The molecule has 4 aromatic rings. The average molecular weight is 475 g/mol. The molecule has 0 saturated carbocycles. The highest BCUT2D eigenvalue weighted by atomic mass is 32.2. The highest BCUT2D eigenvalue weighted by molar-refractivity contribution is 7.90. The van der Waals surface area contributed by atoms with Gasteiger partial charge in [0.05, 0.1) is 11.4 Å². The quantitative estimate of drug-likeness (QED) is 0.397. The number of benzene rings is 2. The predicted molar refractivity (Wildman–Crippen MR) is 113 cm³/mol. The van der Waals surface area contributed by atoms with E-state index in [0.29, 0.717) is 24.9 Å². The third kappa shape index (κ3) is 5.40. The third-order valence-electron chi connectivity index (χ3n) is 4.54. The Kier molecular flexibility index (Phi) is 5.70. The maximum atomic E-state index is 13.0. The van der Waals surface area contributed by atoms with Gasteiger partial charge in [-0.25, -0.2) is 18.1 Å². The van der Waals surface area contributed by atoms with Crippen molar-refractivity contribution < 1.29 is 26.5 Å². The predicted octanol–water partition coefficient (Wildman–Crippen LogP) is 3.75. The van der Waals surface area contributed by atoms with Crippen LogP contribution in [0.5, 0.6) is 5.75 Å². The molecule has 33 heavy (non-hydrogen) atoms. The van der Waals surface area contributed by atoms with E-state index in [2.05, 4.69) is 25.0 Å². The lowest BCUT2D eigenvalue weighted by molar-refractivity contribution is -0.158. The fourth-order valence-corrected chi connectivity index (χ4v) is 3.71. The van der Waals surface area contributed by atoms with E-state index in [1.54, 1.807) is 29.8 Å². The molecule has 0 radical (unpaired) electrons. The number of hydrogen-bond acceptors (Lipinski definition) is 8. The van der Waals surface area contributed by atoms with Crippen molar-refractivity contribution >= 4 is 9.84 Å². The van der Waals surface area contributed by atoms with E-state index >= 15 is 0 Å². The number of rotatable bonds is 7. The summed E-state index contributed by atoms with van der Waals surface area (Å²) in [5, 5.41) is 8.28. The molecule has 0 spiro atoms. The second kappa shape index (κ2) is 8.35. The first-order valence-corrected chi connectivity index (χ1v) is 11.6. The van der Waals surface area contributed by atoms with Gasteiger partial charge < -0.3 is 9.26 Å². The summed E-state index contributed by atoms with van der Waals surface area (Å²) in [6.07, 6.45) is -2.13. The number of ether oxygens (including phenoxy) is 1. The second-order valence-electron chi connectivity index (χ2n) is 7.42. The first kappa shape index (κ1) is 22.5. The van der Waals surface area contributed by atoms with E-state index in [1.165, 1.54) is 30.3 Å². The van der Waals surface area contributed by atoms with Gasteiger partial charge in [-0.1, -0.05) is 17.3 Å². The van der Waals surface area contributed by atoms with Crippen LogP contribution in [0.4, 0.5) is 8.78 Å². The summed E-state index contributed by atoms with van der Waals surface area (Å²) < 4.78 is 60.9. The van der Waals surface area contributed by atoms with Crippen molar-refractivity contribution in [3.05, 3.63) is 59.9 Å². The average Bonchev–Trinajstić information content (AvgIpc) is 3.34. The first-order valence-electron chi connectivity index (χ1n) is 9.70. The van der Waals surface area contributed by atoms with Crippen LogP contribution in [0.25, 0.3) is 23.1 Å². The molecule has 0 aliphatic rings. The van der Waals surface area contributed by atoms with Gasteiger partial charge >= 0.3 is 6.11 Å². The zero-order chi connectivity index (χ0) is 23.8. The molecule has 9 nitrogen and oxygen atoms in total. The largest absolute Gasteiger partial charge is 0.433 e. The highest BCUT2D eigenvalue weighted by Crippen LogP contribution is 2.25. The van der Waals surface area contributed by atoms with Gasteiger partial charge in [-0.2, -0.15) is 13.8 Å². The van der Waals surface area contributed by atoms with Crippen LogP contribution in [-0.4, -0.2) is 45.7 Å². The summed E-state index contributed by atoms with van der Waals surface area (Å²) >= 11 is 0. The van der Waals surface area contributed by atoms with Gasteiger partial charge in [0.1, 0.15) is 11.6 Å². The van der Waals surface area contributed by atoms with Crippen LogP contribution in [-0.2, 0) is 16.4 Å². The van der Waals surface area contributed by atoms with Crippen molar-refractivity contribution in [1.29, 1.82) is 0 Å². The monoisotopic (exact) mass is 475 g/mol. The molecule has 2 aromatic carbocycles. The maximum Gasteiger partial charge on any atom is 0.394 e. The highest BCUT2D eigenvalue weighted by Gasteiger charge is 2.23. The smallest absolute Gasteiger partial charge is 0.394 e. The number of hydrogen-bond donors (Lipinski definition) is 0. The minimum Gasteiger partial charge on any atom is -0.433 e. The van der Waals surface area contributed by atoms with Crippen LogP contribution < -0.4 is 4.74 Å². The van der Waals surface area contributed by atoms with Gasteiger partial charge in [-0.3, -0.25) is 0 Å². The molecule has 0 bridgehead atoms. The van der Waals surface area contributed by atoms with Crippen molar-refractivity contribution in [1.82, 2.24) is 24.9 Å². The summed E-state index contributed by atoms with van der Waals surface area (Å²) in [5.41, 5.74) is 1.27. The van der Waals surface area contributed by atoms with Crippen molar-refractivity contribution in [2.24, 2.45) is 0 Å². The Hall–Kier alpha value is -3.67. The van der Waals surface area contributed by atoms with E-state index in [-0.39, 0.29) is 28.2 Å². The summed E-state index contributed by atoms with van der Waals surface area (Å²) in [5.74, 6) is 1.09. The summed E-state index contributed by atoms with van der Waals surface area (Å²) in [7, 11) is -3.32. The topological polar surface area (TPSA) is 113 Å². The van der Waals surface area contributed by atoms with Crippen LogP contribution in [0.2, 0.25) is 0 Å². The van der Waals surface area contributed by atoms with Crippen LogP contribution in [0, 0.1) is 6.92 Å². The summed E-state index contributed by atoms with van der Waals surface area (Å²) in [4.78, 5) is 8.84. The zero-order valence-corrected chi connectivity index (χ0v) is 18.7. The zero-order valence-electron chi connectivity index (χ0n) is 17.9. The molecule has 0 aliphatic carbocycles. The number of halogens is 2. The van der Waals surface area contributed by atoms with E-state index in [1.807, 2.05) is 0 Å². The number of alkyl halides is 2. The van der Waals surface area contributed by atoms with Gasteiger partial charge in [0.25, 0.3) is 5.89 Å². The van der Waals surface area contributed by atoms with Gasteiger partial charge in [0, 0.05) is 18.7 Å². The Morgan fingerprint density at radius 3 is 2.48 bits per heavy atom. The number of aryl methyl sites for hydroxylation is 1. The molecule has 0 atom stereocenters. The Labute approximate surface area is 188 Å². The van der Waals surface area contributed by atoms with E-state index < -0.39 is 15.9 Å². The molecule has 2 aromatic heterocycles. The Morgan fingerprint density at radius 2 is 1.82 bits per heavy atom. The van der Waals surface area contributed by atoms with Crippen LogP contribution >= 0.6 is 0 Å². The minimum absolute atomic E-state index is 0.00550. The van der Waals surface area contributed by atoms with Gasteiger partial charge in [0.15, 0.2) is 9.84 Å². The van der Waals surface area contributed by atoms with Crippen molar-refractivity contribution in [2.45, 2.75) is 31.4 Å². The lowest BCUT2D eigenvalue weighted by Gasteiger charge is -2.12. The van der Waals surface area contributed by atoms with Crippen molar-refractivity contribution in [3.63, 3.8) is 0 Å². The van der Waals surface area contributed by atoms with Crippen LogP contribution in [0.1, 0.15) is 18.3 Å². The second-order valence-corrected chi connectivity index (χ2v) is 9.43. The molecular formula is C21H19F2N5O4S. The van der Waals surface area contributed by atoms with Gasteiger partial charge in [-0.15, -0.1) is 5.10 Å². The molecule has 0 fully saturated rings. The van der Waals surface area contributed by atoms with E-state index in [4.69, 9.17) is 4.52 Å². The summed E-state index contributed by atoms with van der Waals surface area (Å²) in [6.45, 7) is 2.70. The molecule has 0 N–H and O–H groups in total. The van der Waals surface area contributed by atoms with Gasteiger partial charge in [0.2, 0.25) is 11.6 Å². The lowest BCUT2D eigenvalue weighted by Crippen LogP contribution is -2.18. The standard InChI is InChI=1S/C21H19F2N5O4S/c1-13-24-19(26-28(13)12-14-5-4-6-17(11-14)33(3,29)30)20-25-18(27-32-20)15-7-9-16(10-8-15)31-21(2,22)23/h4-11H,12H2,1-3H3. The Bertz CT molecular complexity index is 1390. The number of nitrogens with zero attached hydrogens (tertiary/aromatic N) is 5. The molecule has 2 heterocycles. The maximum absolute atomic E-state index is 13.0. The number of aromatic nitrogens is 5. The molecule has 0 amide bonds. The fraction of sp³-hybridized carbons (Fsp3) is 0.238. The molecule has 4 rings (SSSR count). The first-order chi connectivity index (χ1) is 15.5. The summed E-state index contributed by atoms with van der Waals surface area (Å²) in [6, 6.07) is 12.4. The van der Waals surface area contributed by atoms with E-state index in [0.717, 1.165) is 11.8 Å². The van der Waals surface area contributed by atoms with Crippen molar-refractivity contribution in [2.75, 3.05) is 6.26 Å². The number of sulfone groups is 1. The molecule has 0 unspecified atom stereocenters. The minimum atomic E-state index is -3.32. The molecule has 0 saturated heterocycles. The van der Waals surface area contributed by atoms with Crippen molar-refractivity contribution in [3.8, 4) is 28.9 Å². The van der Waals surface area contributed by atoms with Gasteiger partial charge in [-0.05, 0) is 48.9 Å². The third-order valence-corrected chi connectivity index (χ3v) is 5.65. The van der Waals surface area contributed by atoms with Crippen LogP contribution in [0.15, 0.2) is 57.9 Å². The molecule has 0 aliphatic heterocycles.